The van der Waals surface area contributed by atoms with Crippen molar-refractivity contribution in [3.8, 4) is 11.1 Å². The van der Waals surface area contributed by atoms with Gasteiger partial charge in [-0.25, -0.2) is 0 Å². The normalized spacial score (nSPS) is 17.9. The third-order valence-corrected chi connectivity index (χ3v) is 7.98. The summed E-state index contributed by atoms with van der Waals surface area (Å²) < 4.78 is 12.5. The smallest absolute Gasteiger partial charge is 0.399 e. The van der Waals surface area contributed by atoms with E-state index < -0.39 is 0 Å². The number of benzene rings is 4. The summed E-state index contributed by atoms with van der Waals surface area (Å²) in [5.74, 6) is 0. The third kappa shape index (κ3) is 6.11. The largest absolute Gasteiger partial charge is 0.494 e. The van der Waals surface area contributed by atoms with E-state index in [1.165, 1.54) is 0 Å². The minimum absolute atomic E-state index is 0.334. The molecule has 2 unspecified atom stereocenters. The summed E-state index contributed by atoms with van der Waals surface area (Å²) in [6, 6.07) is 37.1. The fourth-order valence-corrected chi connectivity index (χ4v) is 4.78. The van der Waals surface area contributed by atoms with Crippen molar-refractivity contribution < 1.29 is 9.31 Å². The Balaban J connectivity index is 1.43. The second-order valence-corrected chi connectivity index (χ2v) is 11.4. The topological polar surface area (TPSA) is 68.9 Å². The van der Waals surface area contributed by atoms with Gasteiger partial charge in [-0.05, 0) is 74.0 Å². The molecule has 0 aliphatic carbocycles. The van der Waals surface area contributed by atoms with E-state index >= 15 is 0 Å². The summed E-state index contributed by atoms with van der Waals surface area (Å²) >= 11 is 0. The Bertz CT molecular complexity index is 1440. The predicted octanol–water partition coefficient (Wildman–Crippen LogP) is 6.41. The van der Waals surface area contributed by atoms with Crippen LogP contribution in [0.2, 0.25) is 0 Å². The van der Waals surface area contributed by atoms with Gasteiger partial charge in [0.2, 0.25) is 0 Å². The molecule has 4 aromatic rings. The van der Waals surface area contributed by atoms with E-state index in [0.717, 1.165) is 39.0 Å². The molecule has 1 aliphatic heterocycles. The van der Waals surface area contributed by atoms with Crippen LogP contribution in [0.3, 0.4) is 0 Å². The van der Waals surface area contributed by atoms with Gasteiger partial charge in [0.15, 0.2) is 0 Å². The first-order valence-electron chi connectivity index (χ1n) is 13.9. The summed E-state index contributed by atoms with van der Waals surface area (Å²) in [5.41, 5.74) is 13.2. The van der Waals surface area contributed by atoms with Crippen molar-refractivity contribution >= 4 is 18.3 Å². The average Bonchev–Trinajstić information content (AvgIpc) is 3.20. The molecular formula is C34H38BN3O2. The van der Waals surface area contributed by atoms with Crippen LogP contribution in [-0.4, -0.2) is 24.0 Å². The summed E-state index contributed by atoms with van der Waals surface area (Å²) in [4.78, 5) is 5.10. The maximum absolute atomic E-state index is 6.61. The summed E-state index contributed by atoms with van der Waals surface area (Å²) in [6.45, 7) is 10.3. The van der Waals surface area contributed by atoms with Gasteiger partial charge in [0, 0.05) is 5.71 Å². The van der Waals surface area contributed by atoms with Gasteiger partial charge in [-0.2, -0.15) is 0 Å². The van der Waals surface area contributed by atoms with Crippen molar-refractivity contribution in [3.63, 3.8) is 0 Å². The molecule has 0 bridgehead atoms. The standard InChI is InChI=1S/C34H38BN3O2/c1-24(25-13-8-6-9-14-25)37-32(38-31(36)27-15-10-7-11-16-27)29-18-12-17-28(23-29)26-19-21-30(22-20-26)35-39-33(2,3)34(4,5)40-35/h6-23,31-32,38H,36H2,1-5H3. The molecule has 5 rings (SSSR count). The number of nitrogens with zero attached hydrogens (tertiary/aromatic N) is 1. The van der Waals surface area contributed by atoms with Crippen LogP contribution in [0.25, 0.3) is 11.1 Å². The van der Waals surface area contributed by atoms with Crippen molar-refractivity contribution in [1.29, 1.82) is 0 Å². The molecule has 204 valence electrons. The van der Waals surface area contributed by atoms with E-state index in [1.807, 2.05) is 55.5 Å². The lowest BCUT2D eigenvalue weighted by Crippen LogP contribution is -2.41. The summed E-state index contributed by atoms with van der Waals surface area (Å²) in [6.07, 6.45) is -0.708. The molecule has 1 aliphatic rings. The molecule has 4 aromatic carbocycles. The van der Waals surface area contributed by atoms with Crippen molar-refractivity contribution in [2.24, 2.45) is 10.7 Å². The van der Waals surface area contributed by atoms with Crippen LogP contribution in [0.1, 0.15) is 63.6 Å². The van der Waals surface area contributed by atoms with E-state index in [1.54, 1.807) is 0 Å². The van der Waals surface area contributed by atoms with Crippen LogP contribution in [0.15, 0.2) is 114 Å². The van der Waals surface area contributed by atoms with Crippen LogP contribution >= 0.6 is 0 Å². The van der Waals surface area contributed by atoms with Gasteiger partial charge in [-0.3, -0.25) is 10.3 Å². The number of hydrogen-bond acceptors (Lipinski definition) is 5. The molecule has 6 heteroatoms. The molecule has 40 heavy (non-hydrogen) atoms. The summed E-state index contributed by atoms with van der Waals surface area (Å²) in [5, 5.41) is 3.55. The van der Waals surface area contributed by atoms with Crippen LogP contribution < -0.4 is 16.5 Å². The Morgan fingerprint density at radius 3 is 1.93 bits per heavy atom. The van der Waals surface area contributed by atoms with E-state index in [0.29, 0.717) is 0 Å². The summed E-state index contributed by atoms with van der Waals surface area (Å²) in [7, 11) is -0.381. The fourth-order valence-electron chi connectivity index (χ4n) is 4.78. The van der Waals surface area contributed by atoms with Crippen LogP contribution in [0, 0.1) is 0 Å². The number of aliphatic imine (C=N–C) groups is 1. The molecule has 0 amide bonds. The van der Waals surface area contributed by atoms with E-state index in [-0.39, 0.29) is 30.7 Å². The molecular weight excluding hydrogens is 493 g/mol. The third-order valence-electron chi connectivity index (χ3n) is 7.98. The Morgan fingerprint density at radius 2 is 1.30 bits per heavy atom. The lowest BCUT2D eigenvalue weighted by Gasteiger charge is -2.32. The van der Waals surface area contributed by atoms with Gasteiger partial charge in [-0.1, -0.05) is 103 Å². The van der Waals surface area contributed by atoms with E-state index in [4.69, 9.17) is 20.0 Å². The number of nitrogens with one attached hydrogen (secondary N) is 1. The lowest BCUT2D eigenvalue weighted by molar-refractivity contribution is 0.00578. The van der Waals surface area contributed by atoms with Crippen molar-refractivity contribution in [1.82, 2.24) is 5.32 Å². The van der Waals surface area contributed by atoms with Gasteiger partial charge >= 0.3 is 7.12 Å². The predicted molar refractivity (Wildman–Crippen MR) is 165 cm³/mol. The zero-order valence-corrected chi connectivity index (χ0v) is 24.0. The van der Waals surface area contributed by atoms with Gasteiger partial charge in [0.05, 0.1) is 17.4 Å². The average molecular weight is 532 g/mol. The van der Waals surface area contributed by atoms with Crippen molar-refractivity contribution in [3.05, 3.63) is 126 Å². The maximum Gasteiger partial charge on any atom is 0.494 e. The maximum atomic E-state index is 6.61. The highest BCUT2D eigenvalue weighted by atomic mass is 16.7. The van der Waals surface area contributed by atoms with Crippen LogP contribution in [0.5, 0.6) is 0 Å². The minimum Gasteiger partial charge on any atom is -0.399 e. The molecule has 1 heterocycles. The minimum atomic E-state index is -0.381. The highest BCUT2D eigenvalue weighted by Crippen LogP contribution is 2.36. The van der Waals surface area contributed by atoms with E-state index in [2.05, 4.69) is 93.7 Å². The Kier molecular flexibility index (Phi) is 8.06. The van der Waals surface area contributed by atoms with Crippen molar-refractivity contribution in [2.45, 2.75) is 58.2 Å². The lowest BCUT2D eigenvalue weighted by atomic mass is 9.78. The second kappa shape index (κ2) is 11.5. The fraction of sp³-hybridized carbons (Fsp3) is 0.265. The molecule has 0 aromatic heterocycles. The molecule has 0 radical (unpaired) electrons. The quantitative estimate of drug-likeness (QED) is 0.157. The molecule has 1 saturated heterocycles. The zero-order chi connectivity index (χ0) is 28.3. The molecule has 5 nitrogen and oxygen atoms in total. The van der Waals surface area contributed by atoms with Crippen LogP contribution in [0.4, 0.5) is 0 Å². The highest BCUT2D eigenvalue weighted by molar-refractivity contribution is 6.62. The van der Waals surface area contributed by atoms with Gasteiger partial charge in [-0.15, -0.1) is 0 Å². The Hall–Kier alpha value is -3.55. The van der Waals surface area contributed by atoms with Gasteiger partial charge in [0.1, 0.15) is 6.17 Å². The SMILES string of the molecule is CC(=NC(NC(N)c1ccccc1)c1cccc(-c2ccc(B3OC(C)(C)C(C)(C)O3)cc2)c1)c1ccccc1. The monoisotopic (exact) mass is 531 g/mol. The number of nitrogens with two attached hydrogens (primary N) is 1. The first-order valence-corrected chi connectivity index (χ1v) is 13.9. The highest BCUT2D eigenvalue weighted by Gasteiger charge is 2.51. The van der Waals surface area contributed by atoms with Gasteiger partial charge < -0.3 is 15.0 Å². The number of rotatable bonds is 8. The van der Waals surface area contributed by atoms with E-state index in [9.17, 15) is 0 Å². The zero-order valence-electron chi connectivity index (χ0n) is 24.0. The Morgan fingerprint density at radius 1 is 0.725 bits per heavy atom. The number of hydrogen-bond donors (Lipinski definition) is 2. The molecule has 2 atom stereocenters. The first-order chi connectivity index (χ1) is 19.1. The molecule has 0 saturated carbocycles. The molecule has 1 fully saturated rings. The van der Waals surface area contributed by atoms with Gasteiger partial charge in [0.25, 0.3) is 0 Å². The molecule has 0 spiro atoms. The van der Waals surface area contributed by atoms with Crippen LogP contribution in [-0.2, 0) is 9.31 Å². The molecule has 3 N–H and O–H groups in total. The van der Waals surface area contributed by atoms with Crippen molar-refractivity contribution in [2.75, 3.05) is 0 Å². The Labute approximate surface area is 238 Å². The second-order valence-electron chi connectivity index (χ2n) is 11.4. The first kappa shape index (κ1) is 28.0.